The van der Waals surface area contributed by atoms with Gasteiger partial charge in [0, 0.05) is 29.3 Å². The second kappa shape index (κ2) is 9.38. The van der Waals surface area contributed by atoms with Crippen molar-refractivity contribution in [2.75, 3.05) is 0 Å². The van der Waals surface area contributed by atoms with E-state index in [0.717, 1.165) is 22.1 Å². The highest BCUT2D eigenvalue weighted by molar-refractivity contribution is 6.12. The fourth-order valence-corrected chi connectivity index (χ4v) is 4.58. The number of nitrogens with one attached hydrogen (secondary N) is 1. The van der Waals surface area contributed by atoms with Crippen molar-refractivity contribution in [1.82, 2.24) is 9.99 Å². The molecule has 7 nitrogen and oxygen atoms in total. The molecule has 0 bridgehead atoms. The van der Waals surface area contributed by atoms with E-state index < -0.39 is 17.9 Å². The summed E-state index contributed by atoms with van der Waals surface area (Å²) in [4.78, 5) is 40.5. The molecule has 1 amide bonds. The first-order valence-electron chi connectivity index (χ1n) is 11.4. The number of pyridine rings is 1. The summed E-state index contributed by atoms with van der Waals surface area (Å²) >= 11 is 0. The highest BCUT2D eigenvalue weighted by Crippen LogP contribution is 2.37. The Bertz CT molecular complexity index is 1490. The van der Waals surface area contributed by atoms with Gasteiger partial charge < -0.3 is 10.1 Å². The number of aromatic amines is 1. The number of aliphatic carboxylic acids is 1. The molecule has 1 aliphatic rings. The number of rotatable bonds is 6. The molecule has 1 aliphatic heterocycles. The van der Waals surface area contributed by atoms with Crippen molar-refractivity contribution in [2.45, 2.75) is 25.3 Å². The Labute approximate surface area is 201 Å². The third kappa shape index (κ3) is 4.36. The zero-order valence-electron chi connectivity index (χ0n) is 18.8. The number of hydrogen-bond acceptors (Lipinski definition) is 4. The quantitative estimate of drug-likeness (QED) is 0.429. The lowest BCUT2D eigenvalue weighted by Crippen LogP contribution is -2.27. The molecule has 0 radical (unpaired) electrons. The molecule has 35 heavy (non-hydrogen) atoms. The fourth-order valence-electron chi connectivity index (χ4n) is 4.58. The first-order chi connectivity index (χ1) is 17.0. The third-order valence-corrected chi connectivity index (χ3v) is 6.18. The van der Waals surface area contributed by atoms with Crippen molar-refractivity contribution in [3.8, 4) is 11.1 Å². The zero-order chi connectivity index (χ0) is 24.4. The van der Waals surface area contributed by atoms with Gasteiger partial charge in [0.2, 0.25) is 5.91 Å². The van der Waals surface area contributed by atoms with Crippen molar-refractivity contribution in [3.63, 3.8) is 0 Å². The maximum atomic E-state index is 13.4. The fraction of sp³-hybridized carbons (Fsp3) is 0.143. The van der Waals surface area contributed by atoms with E-state index in [1.54, 1.807) is 0 Å². The lowest BCUT2D eigenvalue weighted by molar-refractivity contribution is -0.141. The number of amides is 1. The van der Waals surface area contributed by atoms with Crippen LogP contribution in [0.2, 0.25) is 0 Å². The van der Waals surface area contributed by atoms with E-state index in [0.29, 0.717) is 23.2 Å². The molecule has 1 aromatic heterocycles. The third-order valence-electron chi connectivity index (χ3n) is 6.18. The molecule has 0 saturated heterocycles. The summed E-state index contributed by atoms with van der Waals surface area (Å²) in [6.07, 6.45) is -0.118. The summed E-state index contributed by atoms with van der Waals surface area (Å²) in [5.41, 5.74) is 3.85. The second-order valence-electron chi connectivity index (χ2n) is 8.43. The summed E-state index contributed by atoms with van der Waals surface area (Å²) in [6, 6.07) is 26.3. The number of para-hydroxylation sites is 1. The van der Waals surface area contributed by atoms with Crippen molar-refractivity contribution in [1.29, 1.82) is 0 Å². The Kier molecular flexibility index (Phi) is 5.97. The van der Waals surface area contributed by atoms with Crippen molar-refractivity contribution >= 4 is 28.5 Å². The summed E-state index contributed by atoms with van der Waals surface area (Å²) in [5, 5.41) is 15.9. The molecule has 0 aliphatic carbocycles. The van der Waals surface area contributed by atoms with E-state index in [1.165, 1.54) is 5.01 Å². The van der Waals surface area contributed by atoms with Crippen LogP contribution in [0.15, 0.2) is 94.8 Å². The summed E-state index contributed by atoms with van der Waals surface area (Å²) < 4.78 is 0. The van der Waals surface area contributed by atoms with Crippen LogP contribution >= 0.6 is 0 Å². The standard InChI is InChI=1S/C28H23N3O4/c32-24(15-16-25(33)34)31-23(18-9-3-1-4-10-18)17-22(30-31)27-26(19-11-5-2-6-12-19)20-13-7-8-14-21(20)29-28(27)35/h1-14,23H,15-17H2,(H,29,35)(H,33,34). The van der Waals surface area contributed by atoms with Gasteiger partial charge in [0.25, 0.3) is 5.56 Å². The van der Waals surface area contributed by atoms with Crippen LogP contribution in [0.1, 0.15) is 36.4 Å². The van der Waals surface area contributed by atoms with Gasteiger partial charge in [0.15, 0.2) is 0 Å². The van der Waals surface area contributed by atoms with Gasteiger partial charge in [-0.1, -0.05) is 78.9 Å². The minimum Gasteiger partial charge on any atom is -0.481 e. The molecule has 3 aromatic carbocycles. The summed E-state index contributed by atoms with van der Waals surface area (Å²) in [5.74, 6) is -1.44. The number of hydrogen-bond donors (Lipinski definition) is 2. The van der Waals surface area contributed by atoms with E-state index in [1.807, 2.05) is 84.9 Å². The highest BCUT2D eigenvalue weighted by atomic mass is 16.4. The molecular weight excluding hydrogens is 442 g/mol. The van der Waals surface area contributed by atoms with E-state index in [2.05, 4.69) is 10.1 Å². The second-order valence-corrected chi connectivity index (χ2v) is 8.43. The number of aromatic nitrogens is 1. The van der Waals surface area contributed by atoms with Crippen LogP contribution in [-0.4, -0.2) is 32.7 Å². The van der Waals surface area contributed by atoms with Gasteiger partial charge in [-0.3, -0.25) is 14.4 Å². The number of carbonyl (C=O) groups is 2. The molecule has 1 atom stereocenters. The summed E-state index contributed by atoms with van der Waals surface area (Å²) in [6.45, 7) is 0. The molecule has 2 heterocycles. The van der Waals surface area contributed by atoms with E-state index in [4.69, 9.17) is 5.11 Å². The minimum absolute atomic E-state index is 0.172. The predicted molar refractivity (Wildman–Crippen MR) is 134 cm³/mol. The number of fused-ring (bicyclic) bond motifs is 1. The average molecular weight is 466 g/mol. The Balaban J connectivity index is 1.68. The molecule has 5 rings (SSSR count). The molecule has 0 saturated carbocycles. The smallest absolute Gasteiger partial charge is 0.303 e. The Hall–Kier alpha value is -4.52. The number of carboxylic acid groups (broad SMARTS) is 1. The highest BCUT2D eigenvalue weighted by Gasteiger charge is 2.35. The van der Waals surface area contributed by atoms with Crippen LogP contribution in [0.25, 0.3) is 22.0 Å². The SMILES string of the molecule is O=C(O)CCC(=O)N1N=C(c2c(-c3ccccc3)c3ccccc3[nH]c2=O)CC1c1ccccc1. The predicted octanol–water partition coefficient (Wildman–Crippen LogP) is 4.74. The molecule has 7 heteroatoms. The van der Waals surface area contributed by atoms with Crippen LogP contribution in [0, 0.1) is 0 Å². The van der Waals surface area contributed by atoms with Crippen LogP contribution in [0.3, 0.4) is 0 Å². The normalized spacial score (nSPS) is 15.3. The maximum absolute atomic E-state index is 13.4. The number of carbonyl (C=O) groups excluding carboxylic acids is 1. The van der Waals surface area contributed by atoms with E-state index >= 15 is 0 Å². The van der Waals surface area contributed by atoms with Crippen molar-refractivity contribution < 1.29 is 14.7 Å². The lowest BCUT2D eigenvalue weighted by Gasteiger charge is -2.21. The van der Waals surface area contributed by atoms with Crippen LogP contribution in [0.5, 0.6) is 0 Å². The van der Waals surface area contributed by atoms with Crippen LogP contribution < -0.4 is 5.56 Å². The van der Waals surface area contributed by atoms with Crippen molar-refractivity contribution in [3.05, 3.63) is 106 Å². The van der Waals surface area contributed by atoms with Gasteiger partial charge in [-0.2, -0.15) is 5.10 Å². The number of carboxylic acids is 1. The molecule has 4 aromatic rings. The first kappa shape index (κ1) is 22.3. The van der Waals surface area contributed by atoms with Gasteiger partial charge in [-0.05, 0) is 17.2 Å². The van der Waals surface area contributed by atoms with Gasteiger partial charge in [0.1, 0.15) is 0 Å². The minimum atomic E-state index is -1.05. The number of benzene rings is 3. The van der Waals surface area contributed by atoms with Crippen LogP contribution in [0.4, 0.5) is 0 Å². The lowest BCUT2D eigenvalue weighted by atomic mass is 9.91. The van der Waals surface area contributed by atoms with Gasteiger partial charge in [-0.15, -0.1) is 0 Å². The van der Waals surface area contributed by atoms with Gasteiger partial charge >= 0.3 is 5.97 Å². The van der Waals surface area contributed by atoms with E-state index in [9.17, 15) is 14.4 Å². The molecular formula is C28H23N3O4. The topological polar surface area (TPSA) is 103 Å². The molecule has 0 spiro atoms. The number of H-pyrrole nitrogens is 1. The van der Waals surface area contributed by atoms with Crippen LogP contribution in [-0.2, 0) is 9.59 Å². The van der Waals surface area contributed by atoms with Crippen molar-refractivity contribution in [2.24, 2.45) is 5.10 Å². The largest absolute Gasteiger partial charge is 0.481 e. The monoisotopic (exact) mass is 465 g/mol. The Morgan fingerprint density at radius 2 is 1.54 bits per heavy atom. The zero-order valence-corrected chi connectivity index (χ0v) is 18.8. The molecule has 2 N–H and O–H groups in total. The number of hydrazone groups is 1. The number of nitrogens with zero attached hydrogens (tertiary/aromatic N) is 2. The molecule has 174 valence electrons. The first-order valence-corrected chi connectivity index (χ1v) is 11.4. The molecule has 1 unspecified atom stereocenters. The Morgan fingerprint density at radius 3 is 2.26 bits per heavy atom. The Morgan fingerprint density at radius 1 is 0.886 bits per heavy atom. The maximum Gasteiger partial charge on any atom is 0.303 e. The average Bonchev–Trinajstić information content (AvgIpc) is 3.32. The van der Waals surface area contributed by atoms with E-state index in [-0.39, 0.29) is 18.4 Å². The van der Waals surface area contributed by atoms with Gasteiger partial charge in [0.05, 0.1) is 23.7 Å². The van der Waals surface area contributed by atoms with Gasteiger partial charge in [-0.25, -0.2) is 5.01 Å². The summed E-state index contributed by atoms with van der Waals surface area (Å²) in [7, 11) is 0. The molecule has 0 fully saturated rings.